The number of carbonyl (C=O) groups excluding carboxylic acids is 1. The monoisotopic (exact) mass is 181 g/mol. The van der Waals surface area contributed by atoms with Crippen LogP contribution in [0.3, 0.4) is 0 Å². The number of aliphatic hydroxyl groups excluding tert-OH is 1. The molecule has 2 N–H and O–H groups in total. The molecule has 72 valence electrons. The number of nitrogens with one attached hydrogen (secondary N) is 1. The van der Waals surface area contributed by atoms with Gasteiger partial charge in [-0.15, -0.1) is 6.42 Å². The van der Waals surface area contributed by atoms with Gasteiger partial charge >= 0.3 is 0 Å². The van der Waals surface area contributed by atoms with Crippen molar-refractivity contribution in [3.05, 3.63) is 0 Å². The Bertz CT molecular complexity index is 224. The van der Waals surface area contributed by atoms with E-state index in [0.717, 1.165) is 25.7 Å². The van der Waals surface area contributed by atoms with Gasteiger partial charge in [0.25, 0.3) is 0 Å². The Morgan fingerprint density at radius 3 is 2.62 bits per heavy atom. The zero-order valence-electron chi connectivity index (χ0n) is 7.68. The van der Waals surface area contributed by atoms with Gasteiger partial charge in [-0.2, -0.15) is 0 Å². The maximum absolute atomic E-state index is 11.2. The first-order valence-electron chi connectivity index (χ1n) is 4.58. The molecule has 0 aromatic rings. The fourth-order valence-electron chi connectivity index (χ4n) is 1.81. The Balaban J connectivity index is 2.49. The Morgan fingerprint density at radius 1 is 1.54 bits per heavy atom. The van der Waals surface area contributed by atoms with Crippen LogP contribution in [0.2, 0.25) is 0 Å². The quantitative estimate of drug-likeness (QED) is 0.620. The van der Waals surface area contributed by atoms with Gasteiger partial charge in [-0.25, -0.2) is 0 Å². The van der Waals surface area contributed by atoms with Gasteiger partial charge in [0.15, 0.2) is 0 Å². The predicted octanol–water partition coefficient (Wildman–Crippen LogP) is 0.431. The molecule has 0 aromatic carbocycles. The van der Waals surface area contributed by atoms with Crippen LogP contribution in [-0.2, 0) is 4.79 Å². The Hall–Kier alpha value is -1.01. The second kappa shape index (κ2) is 4.29. The van der Waals surface area contributed by atoms with E-state index in [9.17, 15) is 4.79 Å². The molecule has 1 amide bonds. The molecule has 1 rings (SSSR count). The third-order valence-electron chi connectivity index (χ3n) is 2.53. The molecular formula is C10H15NO2. The minimum atomic E-state index is -0.381. The average Bonchev–Trinajstić information content (AvgIpc) is 2.54. The molecule has 0 unspecified atom stereocenters. The van der Waals surface area contributed by atoms with E-state index in [0.29, 0.717) is 0 Å². The normalized spacial score (nSPS) is 19.4. The average molecular weight is 181 g/mol. The summed E-state index contributed by atoms with van der Waals surface area (Å²) in [7, 11) is 0. The zero-order valence-corrected chi connectivity index (χ0v) is 7.68. The second-order valence-corrected chi connectivity index (χ2v) is 3.57. The molecule has 0 heterocycles. The van der Waals surface area contributed by atoms with Gasteiger partial charge in [-0.3, -0.25) is 4.79 Å². The van der Waals surface area contributed by atoms with Crippen molar-refractivity contribution in [3.63, 3.8) is 0 Å². The van der Waals surface area contributed by atoms with Crippen molar-refractivity contribution in [2.24, 2.45) is 0 Å². The van der Waals surface area contributed by atoms with Gasteiger partial charge in [-0.05, 0) is 12.8 Å². The molecule has 1 aliphatic rings. The lowest BCUT2D eigenvalue weighted by molar-refractivity contribution is -0.122. The number of carbonyl (C=O) groups is 1. The first-order chi connectivity index (χ1) is 6.22. The highest BCUT2D eigenvalue weighted by atomic mass is 16.3. The van der Waals surface area contributed by atoms with Crippen LogP contribution >= 0.6 is 0 Å². The highest BCUT2D eigenvalue weighted by molar-refractivity contribution is 5.79. The number of aliphatic hydroxyl groups is 1. The van der Waals surface area contributed by atoms with Crippen molar-refractivity contribution in [1.82, 2.24) is 5.32 Å². The summed E-state index contributed by atoms with van der Waals surface area (Å²) < 4.78 is 0. The van der Waals surface area contributed by atoms with E-state index in [-0.39, 0.29) is 24.5 Å². The van der Waals surface area contributed by atoms with Crippen LogP contribution in [0.15, 0.2) is 0 Å². The molecule has 1 saturated carbocycles. The summed E-state index contributed by atoms with van der Waals surface area (Å²) in [5.41, 5.74) is -0.381. The highest BCUT2D eigenvalue weighted by Gasteiger charge is 2.34. The molecule has 0 atom stereocenters. The first kappa shape index (κ1) is 10.1. The SMILES string of the molecule is C#CCC(=O)NC1(CO)CCCC1. The summed E-state index contributed by atoms with van der Waals surface area (Å²) in [6.45, 7) is 0.0172. The second-order valence-electron chi connectivity index (χ2n) is 3.57. The van der Waals surface area contributed by atoms with Gasteiger partial charge in [0.05, 0.1) is 18.6 Å². The topological polar surface area (TPSA) is 49.3 Å². The van der Waals surface area contributed by atoms with Gasteiger partial charge in [-0.1, -0.05) is 18.8 Å². The molecule has 0 bridgehead atoms. The molecule has 0 radical (unpaired) electrons. The Morgan fingerprint density at radius 2 is 2.15 bits per heavy atom. The smallest absolute Gasteiger partial charge is 0.232 e. The molecule has 13 heavy (non-hydrogen) atoms. The van der Waals surface area contributed by atoms with E-state index in [2.05, 4.69) is 11.2 Å². The molecule has 3 heteroatoms. The van der Waals surface area contributed by atoms with E-state index < -0.39 is 0 Å². The lowest BCUT2D eigenvalue weighted by atomic mass is 9.99. The molecule has 0 spiro atoms. The lowest BCUT2D eigenvalue weighted by Gasteiger charge is -2.27. The predicted molar refractivity (Wildman–Crippen MR) is 49.9 cm³/mol. The Labute approximate surface area is 78.5 Å². The van der Waals surface area contributed by atoms with E-state index in [1.807, 2.05) is 0 Å². The van der Waals surface area contributed by atoms with Gasteiger partial charge in [0.1, 0.15) is 0 Å². The maximum atomic E-state index is 11.2. The summed E-state index contributed by atoms with van der Waals surface area (Å²) in [6, 6.07) is 0. The minimum Gasteiger partial charge on any atom is -0.394 e. The van der Waals surface area contributed by atoms with Crippen molar-refractivity contribution in [3.8, 4) is 12.3 Å². The molecule has 1 fully saturated rings. The van der Waals surface area contributed by atoms with Crippen molar-refractivity contribution in [2.45, 2.75) is 37.6 Å². The van der Waals surface area contributed by atoms with Crippen LogP contribution in [0, 0.1) is 12.3 Å². The number of rotatable bonds is 3. The number of amides is 1. The van der Waals surface area contributed by atoms with E-state index in [1.165, 1.54) is 0 Å². The van der Waals surface area contributed by atoms with Gasteiger partial charge in [0.2, 0.25) is 5.91 Å². The van der Waals surface area contributed by atoms with Crippen LogP contribution in [0.5, 0.6) is 0 Å². The van der Waals surface area contributed by atoms with Crippen LogP contribution < -0.4 is 5.32 Å². The van der Waals surface area contributed by atoms with Crippen molar-refractivity contribution in [1.29, 1.82) is 0 Å². The standard InChI is InChI=1S/C10H15NO2/c1-2-5-9(13)11-10(8-12)6-3-4-7-10/h1,12H,3-8H2,(H,11,13). The fourth-order valence-corrected chi connectivity index (χ4v) is 1.81. The number of terminal acetylenes is 1. The summed E-state index contributed by atoms with van der Waals surface area (Å²) in [5, 5.41) is 12.0. The minimum absolute atomic E-state index is 0.0172. The van der Waals surface area contributed by atoms with Crippen molar-refractivity contribution >= 4 is 5.91 Å². The lowest BCUT2D eigenvalue weighted by Crippen LogP contribution is -2.49. The molecule has 3 nitrogen and oxygen atoms in total. The van der Waals surface area contributed by atoms with E-state index >= 15 is 0 Å². The van der Waals surface area contributed by atoms with Gasteiger partial charge < -0.3 is 10.4 Å². The summed E-state index contributed by atoms with van der Waals surface area (Å²) in [4.78, 5) is 11.2. The largest absolute Gasteiger partial charge is 0.394 e. The molecule has 0 aromatic heterocycles. The molecular weight excluding hydrogens is 166 g/mol. The summed E-state index contributed by atoms with van der Waals surface area (Å²) in [6.07, 6.45) is 8.97. The first-order valence-corrected chi connectivity index (χ1v) is 4.58. The van der Waals surface area contributed by atoms with Crippen LogP contribution in [0.25, 0.3) is 0 Å². The number of hydrogen-bond donors (Lipinski definition) is 2. The Kier molecular flexibility index (Phi) is 3.32. The van der Waals surface area contributed by atoms with E-state index in [4.69, 9.17) is 11.5 Å². The number of hydrogen-bond acceptors (Lipinski definition) is 2. The highest BCUT2D eigenvalue weighted by Crippen LogP contribution is 2.28. The fraction of sp³-hybridized carbons (Fsp3) is 0.700. The van der Waals surface area contributed by atoms with Gasteiger partial charge in [0, 0.05) is 0 Å². The molecule has 1 aliphatic carbocycles. The van der Waals surface area contributed by atoms with Crippen LogP contribution in [0.4, 0.5) is 0 Å². The van der Waals surface area contributed by atoms with E-state index in [1.54, 1.807) is 0 Å². The summed E-state index contributed by atoms with van der Waals surface area (Å²) in [5.74, 6) is 2.13. The van der Waals surface area contributed by atoms with Crippen LogP contribution in [0.1, 0.15) is 32.1 Å². The van der Waals surface area contributed by atoms with Crippen molar-refractivity contribution < 1.29 is 9.90 Å². The molecule has 0 aliphatic heterocycles. The maximum Gasteiger partial charge on any atom is 0.232 e. The summed E-state index contributed by atoms with van der Waals surface area (Å²) >= 11 is 0. The van der Waals surface area contributed by atoms with Crippen molar-refractivity contribution in [2.75, 3.05) is 6.61 Å². The third-order valence-corrected chi connectivity index (χ3v) is 2.53. The van der Waals surface area contributed by atoms with Crippen LogP contribution in [-0.4, -0.2) is 23.2 Å². The third kappa shape index (κ3) is 2.46. The zero-order chi connectivity index (χ0) is 9.73. The molecule has 0 saturated heterocycles.